The summed E-state index contributed by atoms with van der Waals surface area (Å²) in [7, 11) is 0. The molecule has 0 bridgehead atoms. The van der Waals surface area contributed by atoms with Crippen molar-refractivity contribution < 1.29 is 23.8 Å². The van der Waals surface area contributed by atoms with E-state index >= 15 is 0 Å². The highest BCUT2D eigenvalue weighted by Crippen LogP contribution is 2.13. The van der Waals surface area contributed by atoms with Gasteiger partial charge >= 0.3 is 11.9 Å². The Hall–Kier alpha value is -3.44. The van der Waals surface area contributed by atoms with Gasteiger partial charge in [0.05, 0.1) is 6.61 Å². The van der Waals surface area contributed by atoms with Crippen LogP contribution >= 0.6 is 0 Å². The zero-order valence-electron chi connectivity index (χ0n) is 43.2. The highest BCUT2D eigenvalue weighted by atomic mass is 16.6. The van der Waals surface area contributed by atoms with E-state index in [4.69, 9.17) is 14.2 Å². The molecule has 0 aliphatic rings. The van der Waals surface area contributed by atoms with Gasteiger partial charge in [0.2, 0.25) is 0 Å². The molecule has 0 N–H and O–H groups in total. The van der Waals surface area contributed by atoms with Crippen molar-refractivity contribution in [3.8, 4) is 0 Å². The van der Waals surface area contributed by atoms with Crippen LogP contribution in [0.15, 0.2) is 109 Å². The number of esters is 2. The van der Waals surface area contributed by atoms with Crippen LogP contribution in [0.1, 0.15) is 239 Å². The Kier molecular flexibility index (Phi) is 53.0. The largest absolute Gasteiger partial charge is 0.462 e. The van der Waals surface area contributed by atoms with Gasteiger partial charge in [-0.15, -0.1) is 0 Å². The Labute approximate surface area is 408 Å². The summed E-state index contributed by atoms with van der Waals surface area (Å²) < 4.78 is 17.4. The number of ether oxygens (including phenoxy) is 3. The first-order chi connectivity index (χ1) is 32.6. The van der Waals surface area contributed by atoms with E-state index in [1.165, 1.54) is 89.9 Å². The van der Waals surface area contributed by atoms with Gasteiger partial charge < -0.3 is 14.2 Å². The minimum absolute atomic E-state index is 0.0541. The lowest BCUT2D eigenvalue weighted by molar-refractivity contribution is -0.163. The Morgan fingerprint density at radius 2 is 0.712 bits per heavy atom. The van der Waals surface area contributed by atoms with Gasteiger partial charge in [0.1, 0.15) is 6.61 Å². The van der Waals surface area contributed by atoms with Crippen molar-refractivity contribution in [3.63, 3.8) is 0 Å². The smallest absolute Gasteiger partial charge is 0.306 e. The highest BCUT2D eigenvalue weighted by molar-refractivity contribution is 5.70. The molecule has 0 radical (unpaired) electrons. The Morgan fingerprint density at radius 1 is 0.348 bits per heavy atom. The lowest BCUT2D eigenvalue weighted by Crippen LogP contribution is -2.30. The van der Waals surface area contributed by atoms with Gasteiger partial charge in [0, 0.05) is 19.4 Å². The number of hydrogen-bond donors (Lipinski definition) is 0. The summed E-state index contributed by atoms with van der Waals surface area (Å²) in [4.78, 5) is 25.4. The normalized spacial score (nSPS) is 13.1. The van der Waals surface area contributed by atoms with E-state index in [2.05, 4.69) is 130 Å². The first-order valence-corrected chi connectivity index (χ1v) is 27.4. The van der Waals surface area contributed by atoms with Gasteiger partial charge in [-0.2, -0.15) is 0 Å². The third-order valence-electron chi connectivity index (χ3n) is 11.2. The summed E-state index contributed by atoms with van der Waals surface area (Å²) in [5, 5.41) is 0. The molecule has 1 atom stereocenters. The number of carbonyl (C=O) groups excluding carboxylic acids is 2. The van der Waals surface area contributed by atoms with Gasteiger partial charge in [-0.1, -0.05) is 214 Å². The first kappa shape index (κ1) is 62.6. The fraction of sp³-hybridized carbons (Fsp3) is 0.672. The van der Waals surface area contributed by atoms with Crippen LogP contribution in [0.3, 0.4) is 0 Å². The molecule has 66 heavy (non-hydrogen) atoms. The average molecular weight is 915 g/mol. The van der Waals surface area contributed by atoms with E-state index in [1.54, 1.807) is 0 Å². The monoisotopic (exact) mass is 915 g/mol. The summed E-state index contributed by atoms with van der Waals surface area (Å²) in [6, 6.07) is 0. The van der Waals surface area contributed by atoms with Gasteiger partial charge in [0.25, 0.3) is 0 Å². The summed E-state index contributed by atoms with van der Waals surface area (Å²) in [5.74, 6) is -0.457. The van der Waals surface area contributed by atoms with Crippen molar-refractivity contribution in [1.82, 2.24) is 0 Å². The lowest BCUT2D eigenvalue weighted by Gasteiger charge is -2.18. The molecular weight excluding hydrogens is 813 g/mol. The summed E-state index contributed by atoms with van der Waals surface area (Å²) >= 11 is 0. The van der Waals surface area contributed by atoms with Crippen molar-refractivity contribution in [1.29, 1.82) is 0 Å². The van der Waals surface area contributed by atoms with Crippen molar-refractivity contribution in [2.75, 3.05) is 19.8 Å². The second kappa shape index (κ2) is 55.9. The molecule has 0 aromatic carbocycles. The van der Waals surface area contributed by atoms with E-state index in [0.717, 1.165) is 116 Å². The van der Waals surface area contributed by atoms with Crippen molar-refractivity contribution in [2.24, 2.45) is 0 Å². The molecule has 0 saturated carbocycles. The number of rotatable bonds is 49. The zero-order chi connectivity index (χ0) is 47.7. The Balaban J connectivity index is 4.36. The summed E-state index contributed by atoms with van der Waals surface area (Å²) in [6.45, 7) is 7.56. The average Bonchev–Trinajstić information content (AvgIpc) is 3.32. The number of unbranched alkanes of at least 4 members (excludes halogenated alkanes) is 20. The highest BCUT2D eigenvalue weighted by Gasteiger charge is 2.17. The molecule has 0 aromatic rings. The maximum absolute atomic E-state index is 12.8. The fourth-order valence-corrected chi connectivity index (χ4v) is 7.19. The Bertz CT molecular complexity index is 1310. The molecular formula is C61H102O5. The third kappa shape index (κ3) is 53.2. The molecule has 0 aliphatic heterocycles. The number of carbonyl (C=O) groups is 2. The van der Waals surface area contributed by atoms with Crippen molar-refractivity contribution in [3.05, 3.63) is 109 Å². The molecule has 0 saturated heterocycles. The number of hydrogen-bond acceptors (Lipinski definition) is 5. The topological polar surface area (TPSA) is 61.8 Å². The van der Waals surface area contributed by atoms with Crippen LogP contribution in [0.25, 0.3) is 0 Å². The molecule has 5 heteroatoms. The maximum atomic E-state index is 12.8. The minimum Gasteiger partial charge on any atom is -0.462 e. The molecule has 376 valence electrons. The predicted octanol–water partition coefficient (Wildman–Crippen LogP) is 18.8. The molecule has 1 unspecified atom stereocenters. The van der Waals surface area contributed by atoms with Gasteiger partial charge in [-0.25, -0.2) is 0 Å². The third-order valence-corrected chi connectivity index (χ3v) is 11.2. The molecule has 0 heterocycles. The van der Waals surface area contributed by atoms with Crippen LogP contribution < -0.4 is 0 Å². The molecule has 0 aromatic heterocycles. The fourth-order valence-electron chi connectivity index (χ4n) is 7.19. The van der Waals surface area contributed by atoms with Gasteiger partial charge in [-0.05, 0) is 122 Å². The van der Waals surface area contributed by atoms with Crippen LogP contribution in [-0.4, -0.2) is 37.9 Å². The van der Waals surface area contributed by atoms with Crippen LogP contribution in [0.5, 0.6) is 0 Å². The van der Waals surface area contributed by atoms with Crippen LogP contribution in [0.4, 0.5) is 0 Å². The molecule has 5 nitrogen and oxygen atoms in total. The van der Waals surface area contributed by atoms with Crippen molar-refractivity contribution in [2.45, 2.75) is 245 Å². The predicted molar refractivity (Wildman–Crippen MR) is 288 cm³/mol. The zero-order valence-corrected chi connectivity index (χ0v) is 43.2. The van der Waals surface area contributed by atoms with E-state index < -0.39 is 6.10 Å². The van der Waals surface area contributed by atoms with Crippen molar-refractivity contribution >= 4 is 11.9 Å². The van der Waals surface area contributed by atoms with Crippen LogP contribution in [0, 0.1) is 0 Å². The SMILES string of the molecule is CC/C=C\C/C=C\C/C=C\C/C=C\C/C=C\CCCCCC(=O)OCC(COCCCCCCCCCC/C=C\C/C=C\CCCCC)OC(=O)CCCCCCC/C=C\C/C=C\CCC. The molecule has 0 fully saturated rings. The lowest BCUT2D eigenvalue weighted by atomic mass is 10.1. The quantitative estimate of drug-likeness (QED) is 0.0346. The van der Waals surface area contributed by atoms with Gasteiger partial charge in [-0.3, -0.25) is 9.59 Å². The summed E-state index contributed by atoms with van der Waals surface area (Å²) in [6.07, 6.45) is 76.7. The van der Waals surface area contributed by atoms with Crippen LogP contribution in [0.2, 0.25) is 0 Å². The van der Waals surface area contributed by atoms with Gasteiger partial charge in [0.15, 0.2) is 6.10 Å². The first-order valence-electron chi connectivity index (χ1n) is 27.4. The standard InChI is InChI=1S/C61H102O5/c1-4-7-10-13-16-19-22-25-27-29-31-32-34-37-39-42-45-48-51-54-60(62)65-58-59(66-61(63)55-52-49-46-43-40-36-24-21-18-15-12-9-6-3)57-64-56-53-50-47-44-41-38-35-33-30-28-26-23-20-17-14-11-8-5-2/h7,10,12,15-17,19-21,24-28,31-32,37,39,59H,4-6,8-9,11,13-14,18,22-23,29-30,33-36,38,40-58H2,1-3H3/b10-7-,15-12-,19-16-,20-17-,24-21-,27-25-,28-26-,32-31-,39-37-. The number of allylic oxidation sites excluding steroid dienone is 18. The van der Waals surface area contributed by atoms with E-state index in [0.29, 0.717) is 19.4 Å². The Morgan fingerprint density at radius 3 is 1.17 bits per heavy atom. The second-order valence-electron chi connectivity index (χ2n) is 17.7. The van der Waals surface area contributed by atoms with E-state index in [1.807, 2.05) is 0 Å². The summed E-state index contributed by atoms with van der Waals surface area (Å²) in [5.41, 5.74) is 0. The van der Waals surface area contributed by atoms with Crippen LogP contribution in [-0.2, 0) is 23.8 Å². The van der Waals surface area contributed by atoms with E-state index in [-0.39, 0.29) is 25.2 Å². The molecule has 0 amide bonds. The van der Waals surface area contributed by atoms with E-state index in [9.17, 15) is 9.59 Å². The molecule has 0 spiro atoms. The molecule has 0 rings (SSSR count). The maximum Gasteiger partial charge on any atom is 0.306 e. The molecule has 0 aliphatic carbocycles. The minimum atomic E-state index is -0.567. The second-order valence-corrected chi connectivity index (χ2v) is 17.7.